The van der Waals surface area contributed by atoms with E-state index in [1.807, 2.05) is 7.05 Å². The van der Waals surface area contributed by atoms with Crippen LogP contribution in [-0.4, -0.2) is 32.8 Å². The van der Waals surface area contributed by atoms with Crippen LogP contribution < -0.4 is 4.74 Å². The number of thiocarbonyl (C=S) groups is 1. The minimum absolute atomic E-state index is 0.0755. The summed E-state index contributed by atoms with van der Waals surface area (Å²) in [6.45, 7) is 13.5. The lowest BCUT2D eigenvalue weighted by molar-refractivity contribution is 0.464. The molecule has 2 rings (SSSR count). The highest BCUT2D eigenvalue weighted by Crippen LogP contribution is 2.31. The van der Waals surface area contributed by atoms with E-state index in [1.165, 1.54) is 22.7 Å². The average molecular weight is 378 g/mol. The normalized spacial score (nSPS) is 11.5. The average Bonchev–Trinajstić information content (AvgIpc) is 3.00. The molecule has 0 atom stereocenters. The summed E-state index contributed by atoms with van der Waals surface area (Å²) in [7, 11) is 2.03. The van der Waals surface area contributed by atoms with Gasteiger partial charge in [-0.1, -0.05) is 39.1 Å². The molecule has 1 aromatic carbocycles. The number of hydrogen-bond donors (Lipinski definition) is 0. The smallest absolute Gasteiger partial charge is 0.298 e. The van der Waals surface area contributed by atoms with Crippen molar-refractivity contribution < 1.29 is 4.74 Å². The topological polar surface area (TPSA) is 38.2 Å². The van der Waals surface area contributed by atoms with Crippen LogP contribution in [0, 0.1) is 13.8 Å². The second-order valence-electron chi connectivity index (χ2n) is 7.36. The van der Waals surface area contributed by atoms with Crippen molar-refractivity contribution in [3.63, 3.8) is 0 Å². The van der Waals surface area contributed by atoms with Crippen molar-refractivity contribution in [1.82, 2.24) is 14.3 Å². The highest BCUT2D eigenvalue weighted by Gasteiger charge is 2.20. The number of ether oxygens (including phenoxy) is 1. The van der Waals surface area contributed by atoms with Gasteiger partial charge in [0.25, 0.3) is 5.19 Å². The largest absolute Gasteiger partial charge is 0.430 e. The Morgan fingerprint density at radius 1 is 1.24 bits per heavy atom. The molecule has 0 radical (unpaired) electrons. The summed E-state index contributed by atoms with van der Waals surface area (Å²) in [5.74, 6) is 1.64. The molecule has 4 nitrogen and oxygen atoms in total. The Morgan fingerprint density at radius 2 is 1.92 bits per heavy atom. The Labute approximate surface area is 160 Å². The van der Waals surface area contributed by atoms with Crippen LogP contribution in [0.3, 0.4) is 0 Å². The molecule has 6 heteroatoms. The highest BCUT2D eigenvalue weighted by molar-refractivity contribution is 7.80. The van der Waals surface area contributed by atoms with E-state index in [2.05, 4.69) is 67.9 Å². The number of benzene rings is 1. The van der Waals surface area contributed by atoms with Crippen LogP contribution in [0.15, 0.2) is 12.1 Å². The zero-order chi connectivity index (χ0) is 18.8. The van der Waals surface area contributed by atoms with Crippen LogP contribution in [0.2, 0.25) is 0 Å². The zero-order valence-corrected chi connectivity index (χ0v) is 17.8. The molecule has 0 unspecified atom stereocenters. The summed E-state index contributed by atoms with van der Waals surface area (Å²) >= 11 is 6.81. The van der Waals surface area contributed by atoms with Crippen molar-refractivity contribution in [2.45, 2.75) is 53.4 Å². The van der Waals surface area contributed by atoms with E-state index in [0.29, 0.717) is 5.19 Å². The summed E-state index contributed by atoms with van der Waals surface area (Å²) in [5.41, 5.74) is 3.42. The monoisotopic (exact) mass is 377 g/mol. The molecule has 136 valence electrons. The van der Waals surface area contributed by atoms with Crippen molar-refractivity contribution in [3.8, 4) is 10.9 Å². The van der Waals surface area contributed by atoms with E-state index >= 15 is 0 Å². The third-order valence-corrected chi connectivity index (χ3v) is 5.20. The fraction of sp³-hybridized carbons (Fsp3) is 0.526. The predicted molar refractivity (Wildman–Crippen MR) is 109 cm³/mol. The predicted octanol–water partition coefficient (Wildman–Crippen LogP) is 5.07. The minimum atomic E-state index is -0.0755. The maximum atomic E-state index is 6.00. The summed E-state index contributed by atoms with van der Waals surface area (Å²) in [4.78, 5) is 7.57. The molecule has 0 saturated heterocycles. The summed E-state index contributed by atoms with van der Waals surface area (Å²) in [6, 6.07) is 4.23. The number of rotatable bonds is 5. The van der Waals surface area contributed by atoms with Crippen molar-refractivity contribution >= 4 is 28.7 Å². The van der Waals surface area contributed by atoms with Gasteiger partial charge in [0.1, 0.15) is 5.75 Å². The molecule has 0 aliphatic carbocycles. The number of hydrogen-bond acceptors (Lipinski definition) is 5. The van der Waals surface area contributed by atoms with Crippen molar-refractivity contribution in [3.05, 3.63) is 34.6 Å². The molecule has 2 aromatic rings. The molecule has 0 fully saturated rings. The van der Waals surface area contributed by atoms with Gasteiger partial charge in [0, 0.05) is 37.0 Å². The molecule has 0 aliphatic heterocycles. The number of likely N-dealkylation sites (N-methyl/N-ethyl adjacent to an activating group) is 1. The molecule has 0 spiro atoms. The standard InChI is InChI=1S/C19H27N3OS2/c1-8-22(7)16(24)11-14-9-13(3)15(10-12(14)2)23-18-20-17(21-25-18)19(4,5)6/h9-10H,8,11H2,1-7H3. The number of aromatic nitrogens is 2. The Hall–Kier alpha value is -1.53. The quantitative estimate of drug-likeness (QED) is 0.681. The first-order chi connectivity index (χ1) is 11.6. The van der Waals surface area contributed by atoms with Crippen molar-refractivity contribution in [2.24, 2.45) is 0 Å². The number of aryl methyl sites for hydroxylation is 2. The van der Waals surface area contributed by atoms with Crippen LogP contribution in [-0.2, 0) is 11.8 Å². The van der Waals surface area contributed by atoms with Crippen molar-refractivity contribution in [2.75, 3.05) is 13.6 Å². The summed E-state index contributed by atoms with van der Waals surface area (Å²) < 4.78 is 10.4. The Morgan fingerprint density at radius 3 is 2.48 bits per heavy atom. The maximum absolute atomic E-state index is 6.00. The van der Waals surface area contributed by atoms with Gasteiger partial charge in [0.2, 0.25) is 0 Å². The van der Waals surface area contributed by atoms with Gasteiger partial charge in [0.05, 0.1) is 4.99 Å². The van der Waals surface area contributed by atoms with E-state index in [0.717, 1.165) is 35.1 Å². The molecule has 0 saturated carbocycles. The van der Waals surface area contributed by atoms with Crippen molar-refractivity contribution in [1.29, 1.82) is 0 Å². The van der Waals surface area contributed by atoms with E-state index in [1.54, 1.807) is 0 Å². The van der Waals surface area contributed by atoms with E-state index in [-0.39, 0.29) is 5.41 Å². The van der Waals surface area contributed by atoms with Gasteiger partial charge in [-0.15, -0.1) is 0 Å². The molecule has 0 amide bonds. The fourth-order valence-corrected chi connectivity index (χ4v) is 3.29. The first kappa shape index (κ1) is 19.8. The second-order valence-corrected chi connectivity index (χ2v) is 8.55. The number of nitrogens with zero attached hydrogens (tertiary/aromatic N) is 3. The van der Waals surface area contributed by atoms with Gasteiger partial charge in [-0.2, -0.15) is 9.36 Å². The molecule has 1 heterocycles. The lowest BCUT2D eigenvalue weighted by Crippen LogP contribution is -2.26. The zero-order valence-electron chi connectivity index (χ0n) is 16.1. The third kappa shape index (κ3) is 4.98. The molecule has 0 aliphatic rings. The summed E-state index contributed by atoms with van der Waals surface area (Å²) in [6.07, 6.45) is 0.777. The maximum Gasteiger partial charge on any atom is 0.298 e. The van der Waals surface area contributed by atoms with E-state index < -0.39 is 0 Å². The Balaban J connectivity index is 2.19. The fourth-order valence-electron chi connectivity index (χ4n) is 2.27. The van der Waals surface area contributed by atoms with Crippen LogP contribution in [0.5, 0.6) is 10.9 Å². The van der Waals surface area contributed by atoms with Crippen LogP contribution in [0.4, 0.5) is 0 Å². The van der Waals surface area contributed by atoms with Gasteiger partial charge in [-0.3, -0.25) is 0 Å². The molecule has 0 bridgehead atoms. The lowest BCUT2D eigenvalue weighted by Gasteiger charge is -2.19. The van der Waals surface area contributed by atoms with Crippen LogP contribution in [0.25, 0.3) is 0 Å². The molecule has 1 aromatic heterocycles. The Bertz CT molecular complexity index is 763. The van der Waals surface area contributed by atoms with Gasteiger partial charge in [0.15, 0.2) is 5.82 Å². The van der Waals surface area contributed by atoms with E-state index in [4.69, 9.17) is 17.0 Å². The molecular weight excluding hydrogens is 350 g/mol. The second kappa shape index (κ2) is 7.79. The Kier molecular flexibility index (Phi) is 6.16. The SMILES string of the molecule is CCN(C)C(=S)Cc1cc(C)c(Oc2nc(C(C)(C)C)ns2)cc1C. The summed E-state index contributed by atoms with van der Waals surface area (Å²) in [5, 5.41) is 0.585. The van der Waals surface area contributed by atoms with Gasteiger partial charge >= 0.3 is 0 Å². The van der Waals surface area contributed by atoms with Gasteiger partial charge in [-0.25, -0.2) is 0 Å². The minimum Gasteiger partial charge on any atom is -0.430 e. The van der Waals surface area contributed by atoms with E-state index in [9.17, 15) is 0 Å². The molecule has 0 N–H and O–H groups in total. The van der Waals surface area contributed by atoms with Gasteiger partial charge < -0.3 is 9.64 Å². The molecular formula is C19H27N3OS2. The third-order valence-electron chi connectivity index (χ3n) is 4.15. The molecule has 25 heavy (non-hydrogen) atoms. The highest BCUT2D eigenvalue weighted by atomic mass is 32.1. The lowest BCUT2D eigenvalue weighted by atomic mass is 9.96. The van der Waals surface area contributed by atoms with Crippen LogP contribution in [0.1, 0.15) is 50.2 Å². The first-order valence-corrected chi connectivity index (χ1v) is 9.66. The van der Waals surface area contributed by atoms with Gasteiger partial charge in [-0.05, 0) is 43.5 Å². The van der Waals surface area contributed by atoms with Crippen LogP contribution >= 0.6 is 23.8 Å². The first-order valence-electron chi connectivity index (χ1n) is 8.48.